The number of thiophene rings is 1. The molecule has 0 unspecified atom stereocenters. The maximum absolute atomic E-state index is 12.6. The van der Waals surface area contributed by atoms with Crippen molar-refractivity contribution in [1.82, 2.24) is 15.0 Å². The second-order valence-electron chi connectivity index (χ2n) is 5.23. The van der Waals surface area contributed by atoms with Gasteiger partial charge in [0.1, 0.15) is 17.0 Å². The van der Waals surface area contributed by atoms with Crippen LogP contribution < -0.4 is 10.1 Å². The van der Waals surface area contributed by atoms with Gasteiger partial charge in [-0.3, -0.25) is 4.79 Å². The second-order valence-corrected chi connectivity index (χ2v) is 6.23. The summed E-state index contributed by atoms with van der Waals surface area (Å²) in [7, 11) is 0. The number of nitrogens with zero attached hydrogens (tertiary/aromatic N) is 3. The van der Waals surface area contributed by atoms with Crippen LogP contribution >= 0.6 is 11.3 Å². The Labute approximate surface area is 150 Å². The van der Waals surface area contributed by atoms with Gasteiger partial charge in [-0.25, -0.2) is 15.0 Å². The molecule has 0 atom stereocenters. The summed E-state index contributed by atoms with van der Waals surface area (Å²) in [5, 5.41) is 3.14. The average Bonchev–Trinajstić information content (AvgIpc) is 2.93. The van der Waals surface area contributed by atoms with E-state index in [1.54, 1.807) is 6.92 Å². The van der Waals surface area contributed by atoms with Gasteiger partial charge in [-0.15, -0.1) is 11.3 Å². The quantitative estimate of drug-likeness (QED) is 0.736. The second kappa shape index (κ2) is 6.87. The summed E-state index contributed by atoms with van der Waals surface area (Å²) in [6.07, 6.45) is -2.46. The normalized spacial score (nSPS) is 11.6. The molecule has 3 aromatic heterocycles. The molecule has 10 heteroatoms. The standard InChI is InChI=1S/C16H13F3N4O2S/c1-3-25-14-11-8(2)12(26-15(11)22-7-21-14)13(24)23-10-5-4-9(6-20-10)16(17,18)19/h4-7H,3H2,1-2H3,(H,20,23,24). The largest absolute Gasteiger partial charge is 0.477 e. The molecule has 0 saturated heterocycles. The van der Waals surface area contributed by atoms with Crippen LogP contribution in [-0.4, -0.2) is 27.5 Å². The fourth-order valence-corrected chi connectivity index (χ4v) is 3.35. The van der Waals surface area contributed by atoms with Gasteiger partial charge in [0.25, 0.3) is 5.91 Å². The lowest BCUT2D eigenvalue weighted by Gasteiger charge is -2.07. The number of fused-ring (bicyclic) bond motifs is 1. The van der Waals surface area contributed by atoms with E-state index in [0.717, 1.165) is 23.5 Å². The average molecular weight is 382 g/mol. The van der Waals surface area contributed by atoms with Crippen molar-refractivity contribution in [2.24, 2.45) is 0 Å². The number of alkyl halides is 3. The van der Waals surface area contributed by atoms with Crippen LogP contribution in [0.15, 0.2) is 24.7 Å². The number of pyridine rings is 1. The van der Waals surface area contributed by atoms with Crippen molar-refractivity contribution in [3.63, 3.8) is 0 Å². The highest BCUT2D eigenvalue weighted by molar-refractivity contribution is 7.20. The van der Waals surface area contributed by atoms with Crippen molar-refractivity contribution in [3.05, 3.63) is 40.7 Å². The number of aromatic nitrogens is 3. The number of anilines is 1. The van der Waals surface area contributed by atoms with Gasteiger partial charge in [-0.2, -0.15) is 13.2 Å². The lowest BCUT2D eigenvalue weighted by Crippen LogP contribution is -2.13. The third-order valence-electron chi connectivity index (χ3n) is 3.51. The molecule has 1 amide bonds. The number of carbonyl (C=O) groups excluding carboxylic acids is 1. The molecule has 0 aromatic carbocycles. The molecule has 0 bridgehead atoms. The highest BCUT2D eigenvalue weighted by Crippen LogP contribution is 2.35. The zero-order valence-electron chi connectivity index (χ0n) is 13.7. The van der Waals surface area contributed by atoms with Crippen molar-refractivity contribution in [1.29, 1.82) is 0 Å². The molecule has 26 heavy (non-hydrogen) atoms. The summed E-state index contributed by atoms with van der Waals surface area (Å²) >= 11 is 1.15. The van der Waals surface area contributed by atoms with E-state index in [4.69, 9.17) is 4.74 Å². The number of amides is 1. The van der Waals surface area contributed by atoms with Gasteiger partial charge in [-0.1, -0.05) is 0 Å². The lowest BCUT2D eigenvalue weighted by molar-refractivity contribution is -0.137. The number of ether oxygens (including phenoxy) is 1. The van der Waals surface area contributed by atoms with Crippen LogP contribution in [-0.2, 0) is 6.18 Å². The number of hydrogen-bond acceptors (Lipinski definition) is 6. The molecular weight excluding hydrogens is 369 g/mol. The monoisotopic (exact) mass is 382 g/mol. The predicted molar refractivity (Wildman–Crippen MR) is 90.5 cm³/mol. The first-order chi connectivity index (χ1) is 12.3. The minimum atomic E-state index is -4.48. The number of rotatable bonds is 4. The van der Waals surface area contributed by atoms with Crippen LogP contribution in [0, 0.1) is 6.92 Å². The Hall–Kier alpha value is -2.75. The first kappa shape index (κ1) is 18.1. The van der Waals surface area contributed by atoms with Crippen LogP contribution in [0.5, 0.6) is 5.88 Å². The van der Waals surface area contributed by atoms with E-state index < -0.39 is 17.6 Å². The van der Waals surface area contributed by atoms with Crippen LogP contribution in [0.4, 0.5) is 19.0 Å². The summed E-state index contributed by atoms with van der Waals surface area (Å²) in [5.41, 5.74) is -0.247. The van der Waals surface area contributed by atoms with Crippen molar-refractivity contribution < 1.29 is 22.7 Å². The number of carbonyl (C=O) groups is 1. The van der Waals surface area contributed by atoms with Gasteiger partial charge in [0.05, 0.1) is 22.4 Å². The molecule has 0 aliphatic rings. The lowest BCUT2D eigenvalue weighted by atomic mass is 10.2. The fourth-order valence-electron chi connectivity index (χ4n) is 2.31. The van der Waals surface area contributed by atoms with Gasteiger partial charge in [0.15, 0.2) is 0 Å². The smallest absolute Gasteiger partial charge is 0.417 e. The Morgan fingerprint density at radius 3 is 2.65 bits per heavy atom. The SMILES string of the molecule is CCOc1ncnc2sc(C(=O)Nc3ccc(C(F)(F)F)cn3)c(C)c12. The molecule has 6 nitrogen and oxygen atoms in total. The molecule has 0 saturated carbocycles. The molecule has 0 radical (unpaired) electrons. The van der Waals surface area contributed by atoms with Crippen molar-refractivity contribution in [3.8, 4) is 5.88 Å². The summed E-state index contributed by atoms with van der Waals surface area (Å²) in [5.74, 6) is -0.0749. The van der Waals surface area contributed by atoms with Gasteiger partial charge in [-0.05, 0) is 31.5 Å². The Balaban J connectivity index is 1.88. The molecule has 1 N–H and O–H groups in total. The highest BCUT2D eigenvalue weighted by atomic mass is 32.1. The minimum absolute atomic E-state index is 0.0240. The molecule has 0 aliphatic heterocycles. The van der Waals surface area contributed by atoms with E-state index in [1.807, 2.05) is 6.92 Å². The van der Waals surface area contributed by atoms with Crippen LogP contribution in [0.3, 0.4) is 0 Å². The van der Waals surface area contributed by atoms with Crippen molar-refractivity contribution in [2.45, 2.75) is 20.0 Å². The van der Waals surface area contributed by atoms with Crippen LogP contribution in [0.2, 0.25) is 0 Å². The maximum atomic E-state index is 12.6. The molecule has 3 aromatic rings. The zero-order valence-corrected chi connectivity index (χ0v) is 14.5. The Bertz CT molecular complexity index is 955. The number of hydrogen-bond donors (Lipinski definition) is 1. The van der Waals surface area contributed by atoms with E-state index in [2.05, 4.69) is 20.3 Å². The Morgan fingerprint density at radius 1 is 1.27 bits per heavy atom. The Morgan fingerprint density at radius 2 is 2.04 bits per heavy atom. The molecule has 3 heterocycles. The molecule has 136 valence electrons. The highest BCUT2D eigenvalue weighted by Gasteiger charge is 2.30. The molecular formula is C16H13F3N4O2S. The van der Waals surface area contributed by atoms with Gasteiger partial charge in [0, 0.05) is 6.20 Å². The zero-order chi connectivity index (χ0) is 18.9. The van der Waals surface area contributed by atoms with E-state index >= 15 is 0 Å². The first-order valence-corrected chi connectivity index (χ1v) is 8.34. The van der Waals surface area contributed by atoms with Gasteiger partial charge >= 0.3 is 6.18 Å². The summed E-state index contributed by atoms with van der Waals surface area (Å²) < 4.78 is 43.2. The molecule has 0 aliphatic carbocycles. The number of aryl methyl sites for hydroxylation is 1. The maximum Gasteiger partial charge on any atom is 0.417 e. The van der Waals surface area contributed by atoms with Crippen LogP contribution in [0.25, 0.3) is 10.2 Å². The molecule has 3 rings (SSSR count). The van der Waals surface area contributed by atoms with Crippen molar-refractivity contribution in [2.75, 3.05) is 11.9 Å². The Kier molecular flexibility index (Phi) is 4.77. The third-order valence-corrected chi connectivity index (χ3v) is 4.71. The van der Waals surface area contributed by atoms with E-state index in [0.29, 0.717) is 39.3 Å². The topological polar surface area (TPSA) is 77.0 Å². The summed E-state index contributed by atoms with van der Waals surface area (Å²) in [6.45, 7) is 3.97. The van der Waals surface area contributed by atoms with E-state index in [9.17, 15) is 18.0 Å². The van der Waals surface area contributed by atoms with Crippen LogP contribution in [0.1, 0.15) is 27.7 Å². The fraction of sp³-hybridized carbons (Fsp3) is 0.250. The van der Waals surface area contributed by atoms with E-state index in [-0.39, 0.29) is 5.82 Å². The van der Waals surface area contributed by atoms with Gasteiger partial charge < -0.3 is 10.1 Å². The molecule has 0 spiro atoms. The number of halogens is 3. The van der Waals surface area contributed by atoms with Gasteiger partial charge in [0.2, 0.25) is 5.88 Å². The number of nitrogens with one attached hydrogen (secondary N) is 1. The minimum Gasteiger partial charge on any atom is -0.477 e. The van der Waals surface area contributed by atoms with Crippen molar-refractivity contribution >= 4 is 33.3 Å². The first-order valence-electron chi connectivity index (χ1n) is 7.52. The predicted octanol–water partition coefficient (Wildman–Crippen LogP) is 4.06. The van der Waals surface area contributed by atoms with E-state index in [1.165, 1.54) is 6.33 Å². The third kappa shape index (κ3) is 3.45. The summed E-state index contributed by atoms with van der Waals surface area (Å²) in [6, 6.07) is 1.97. The molecule has 0 fully saturated rings. The summed E-state index contributed by atoms with van der Waals surface area (Å²) in [4.78, 5) is 25.3.